The predicted molar refractivity (Wildman–Crippen MR) is 93.1 cm³/mol. The lowest BCUT2D eigenvalue weighted by molar-refractivity contribution is -0.00770. The number of carbonyl (C=O) groups excluding carboxylic acids is 1. The molecule has 2 aromatic carbocycles. The number of halogens is 2. The largest absolute Gasteiger partial charge is 0.497 e. The fourth-order valence-corrected chi connectivity index (χ4v) is 3.06. The normalized spacial score (nSPS) is 17.2. The maximum atomic E-state index is 13.7. The maximum absolute atomic E-state index is 13.7. The van der Waals surface area contributed by atoms with Gasteiger partial charge in [0, 0.05) is 24.2 Å². The summed E-state index contributed by atoms with van der Waals surface area (Å²) >= 11 is 0. The molecule has 0 bridgehead atoms. The van der Waals surface area contributed by atoms with Gasteiger partial charge in [-0.15, -0.1) is 0 Å². The number of methoxy groups -OCH3 is 1. The number of benzene rings is 2. The summed E-state index contributed by atoms with van der Waals surface area (Å²) in [4.78, 5) is 14.4. The smallest absolute Gasteiger partial charge is 0.254 e. The number of amides is 1. The zero-order valence-corrected chi connectivity index (χ0v) is 14.6. The molecule has 1 fully saturated rings. The third-order valence-electron chi connectivity index (χ3n) is 4.46. The molecular formula is C20H21F2NO3. The quantitative estimate of drug-likeness (QED) is 0.813. The Balaban J connectivity index is 1.61. The number of rotatable bonds is 5. The van der Waals surface area contributed by atoms with Gasteiger partial charge in [0.05, 0.1) is 19.8 Å². The van der Waals surface area contributed by atoms with Crippen molar-refractivity contribution in [3.8, 4) is 5.75 Å². The average molecular weight is 361 g/mol. The monoisotopic (exact) mass is 361 g/mol. The van der Waals surface area contributed by atoms with E-state index in [1.807, 2.05) is 0 Å². The van der Waals surface area contributed by atoms with E-state index in [1.54, 1.807) is 36.3 Å². The van der Waals surface area contributed by atoms with E-state index in [4.69, 9.17) is 9.47 Å². The fourth-order valence-electron chi connectivity index (χ4n) is 3.06. The van der Waals surface area contributed by atoms with Gasteiger partial charge in [0.15, 0.2) is 0 Å². The molecule has 2 aromatic rings. The summed E-state index contributed by atoms with van der Waals surface area (Å²) in [6.07, 6.45) is 1.37. The number of hydrogen-bond acceptors (Lipinski definition) is 3. The third kappa shape index (κ3) is 4.38. The summed E-state index contributed by atoms with van der Waals surface area (Å²) in [5, 5.41) is 0. The van der Waals surface area contributed by atoms with Crippen LogP contribution in [0.1, 0.15) is 28.8 Å². The van der Waals surface area contributed by atoms with Crippen molar-refractivity contribution in [1.82, 2.24) is 4.90 Å². The van der Waals surface area contributed by atoms with Gasteiger partial charge in [0.1, 0.15) is 17.4 Å². The molecule has 0 aromatic heterocycles. The first-order chi connectivity index (χ1) is 12.6. The van der Waals surface area contributed by atoms with Crippen LogP contribution in [0.25, 0.3) is 0 Å². The molecule has 26 heavy (non-hydrogen) atoms. The van der Waals surface area contributed by atoms with E-state index < -0.39 is 11.6 Å². The summed E-state index contributed by atoms with van der Waals surface area (Å²) in [5.41, 5.74) is 0.738. The highest BCUT2D eigenvalue weighted by atomic mass is 19.1. The van der Waals surface area contributed by atoms with Gasteiger partial charge in [-0.3, -0.25) is 4.79 Å². The molecular weight excluding hydrogens is 340 g/mol. The Hall–Kier alpha value is -2.47. The van der Waals surface area contributed by atoms with Crippen LogP contribution in [0.5, 0.6) is 5.75 Å². The maximum Gasteiger partial charge on any atom is 0.254 e. The highest BCUT2D eigenvalue weighted by molar-refractivity contribution is 5.94. The van der Waals surface area contributed by atoms with Crippen molar-refractivity contribution in [2.75, 3.05) is 20.2 Å². The lowest BCUT2D eigenvalue weighted by atomic mass is 10.1. The molecule has 0 saturated carbocycles. The van der Waals surface area contributed by atoms with Gasteiger partial charge in [0.25, 0.3) is 5.91 Å². The van der Waals surface area contributed by atoms with Crippen LogP contribution in [0.2, 0.25) is 0 Å². The molecule has 1 aliphatic rings. The van der Waals surface area contributed by atoms with Gasteiger partial charge in [-0.2, -0.15) is 0 Å². The fraction of sp³-hybridized carbons (Fsp3) is 0.350. The molecule has 1 amide bonds. The van der Waals surface area contributed by atoms with Crippen molar-refractivity contribution < 1.29 is 23.0 Å². The number of nitrogens with zero attached hydrogens (tertiary/aromatic N) is 1. The van der Waals surface area contributed by atoms with E-state index in [0.717, 1.165) is 31.0 Å². The molecule has 0 spiro atoms. The lowest BCUT2D eigenvalue weighted by Gasteiger charge is -2.32. The Morgan fingerprint density at radius 1 is 1.23 bits per heavy atom. The molecule has 3 rings (SSSR count). The Labute approximate surface area is 151 Å². The van der Waals surface area contributed by atoms with Crippen LogP contribution in [0.4, 0.5) is 8.78 Å². The zero-order valence-electron chi connectivity index (χ0n) is 14.6. The van der Waals surface area contributed by atoms with Crippen molar-refractivity contribution >= 4 is 5.91 Å². The Kier molecular flexibility index (Phi) is 5.83. The molecule has 1 atom stereocenters. The number of ether oxygens (including phenoxy) is 2. The SMILES string of the molecule is COc1cccc(C(=O)N2CCCC(OCc3cc(F)ccc3F)C2)c1. The van der Waals surface area contributed by atoms with Gasteiger partial charge in [-0.05, 0) is 49.2 Å². The van der Waals surface area contributed by atoms with Gasteiger partial charge in [0.2, 0.25) is 0 Å². The van der Waals surface area contributed by atoms with Gasteiger partial charge in [-0.1, -0.05) is 6.07 Å². The van der Waals surface area contributed by atoms with E-state index in [9.17, 15) is 13.6 Å². The summed E-state index contributed by atoms with van der Waals surface area (Å²) < 4.78 is 37.8. The van der Waals surface area contributed by atoms with E-state index in [2.05, 4.69) is 0 Å². The molecule has 1 unspecified atom stereocenters. The van der Waals surface area contributed by atoms with Crippen molar-refractivity contribution in [2.45, 2.75) is 25.6 Å². The molecule has 0 radical (unpaired) electrons. The predicted octanol–water partition coefficient (Wildman–Crippen LogP) is 3.79. The van der Waals surface area contributed by atoms with E-state index >= 15 is 0 Å². The topological polar surface area (TPSA) is 38.8 Å². The second-order valence-corrected chi connectivity index (χ2v) is 6.29. The molecule has 4 nitrogen and oxygen atoms in total. The average Bonchev–Trinajstić information content (AvgIpc) is 2.68. The minimum absolute atomic E-state index is 0.0184. The number of hydrogen-bond donors (Lipinski definition) is 0. The summed E-state index contributed by atoms with van der Waals surface area (Å²) in [7, 11) is 1.56. The molecule has 6 heteroatoms. The molecule has 0 aliphatic carbocycles. The molecule has 1 saturated heterocycles. The van der Waals surface area contributed by atoms with Crippen LogP contribution in [-0.4, -0.2) is 37.1 Å². The number of carbonyl (C=O) groups is 1. The molecule has 0 N–H and O–H groups in total. The van der Waals surface area contributed by atoms with Gasteiger partial charge >= 0.3 is 0 Å². The van der Waals surface area contributed by atoms with Crippen LogP contribution in [0.15, 0.2) is 42.5 Å². The Morgan fingerprint density at radius 2 is 2.08 bits per heavy atom. The number of piperidine rings is 1. The Morgan fingerprint density at radius 3 is 2.88 bits per heavy atom. The van der Waals surface area contributed by atoms with E-state index in [-0.39, 0.29) is 24.2 Å². The zero-order chi connectivity index (χ0) is 18.5. The summed E-state index contributed by atoms with van der Waals surface area (Å²) in [5.74, 6) is -0.452. The van der Waals surface area contributed by atoms with E-state index in [1.165, 1.54) is 0 Å². The van der Waals surface area contributed by atoms with Gasteiger partial charge in [-0.25, -0.2) is 8.78 Å². The van der Waals surface area contributed by atoms with Crippen molar-refractivity contribution in [3.63, 3.8) is 0 Å². The standard InChI is InChI=1S/C20H21F2NO3/c1-25-17-5-2-4-14(11-17)20(24)23-9-3-6-18(12-23)26-13-15-10-16(21)7-8-19(15)22/h2,4-5,7-8,10-11,18H,3,6,9,12-13H2,1H3. The number of likely N-dealkylation sites (tertiary alicyclic amines) is 1. The summed E-state index contributed by atoms with van der Waals surface area (Å²) in [6, 6.07) is 10.3. The first-order valence-corrected chi connectivity index (χ1v) is 8.55. The first kappa shape index (κ1) is 18.3. The highest BCUT2D eigenvalue weighted by Crippen LogP contribution is 2.20. The van der Waals surface area contributed by atoms with Gasteiger partial charge < -0.3 is 14.4 Å². The van der Waals surface area contributed by atoms with Crippen LogP contribution < -0.4 is 4.74 Å². The van der Waals surface area contributed by atoms with E-state index in [0.29, 0.717) is 24.4 Å². The van der Waals surface area contributed by atoms with Crippen molar-refractivity contribution in [3.05, 3.63) is 65.2 Å². The minimum atomic E-state index is -0.497. The highest BCUT2D eigenvalue weighted by Gasteiger charge is 2.25. The Bertz CT molecular complexity index is 781. The minimum Gasteiger partial charge on any atom is -0.497 e. The van der Waals surface area contributed by atoms with Crippen molar-refractivity contribution in [2.24, 2.45) is 0 Å². The first-order valence-electron chi connectivity index (χ1n) is 8.55. The van der Waals surface area contributed by atoms with Crippen molar-refractivity contribution in [1.29, 1.82) is 0 Å². The second kappa shape index (κ2) is 8.27. The second-order valence-electron chi connectivity index (χ2n) is 6.29. The third-order valence-corrected chi connectivity index (χ3v) is 4.46. The molecule has 1 heterocycles. The van der Waals surface area contributed by atoms with Crippen LogP contribution in [-0.2, 0) is 11.3 Å². The van der Waals surface area contributed by atoms with Crippen LogP contribution >= 0.6 is 0 Å². The molecule has 138 valence electrons. The summed E-state index contributed by atoms with van der Waals surface area (Å²) in [6.45, 7) is 1.05. The molecule has 1 aliphatic heterocycles. The van der Waals surface area contributed by atoms with Crippen LogP contribution in [0, 0.1) is 11.6 Å². The lowest BCUT2D eigenvalue weighted by Crippen LogP contribution is -2.43. The van der Waals surface area contributed by atoms with Crippen LogP contribution in [0.3, 0.4) is 0 Å².